The third-order valence-electron chi connectivity index (χ3n) is 3.11. The Balaban J connectivity index is 2.50. The number of carbonyl (C=O) groups is 1. The van der Waals surface area contributed by atoms with E-state index in [4.69, 9.17) is 10.4 Å². The molecular formula is C12H12N2O5S. The molecule has 1 aromatic carbocycles. The number of β-amino-alcohol motifs (C(OH)–C–C–N with tert-alkyl or cyclic N) is 1. The van der Waals surface area contributed by atoms with Gasteiger partial charge in [0.15, 0.2) is 0 Å². The van der Waals surface area contributed by atoms with Crippen molar-refractivity contribution in [2.45, 2.75) is 23.5 Å². The first-order valence-electron chi connectivity index (χ1n) is 5.79. The van der Waals surface area contributed by atoms with Crippen LogP contribution in [-0.2, 0) is 14.8 Å². The SMILES string of the molecule is N#Cc1ccccc1S(=O)(=O)N1C[C@@H](O)C[C@H]1C(=O)O. The molecule has 2 N–H and O–H groups in total. The average molecular weight is 296 g/mol. The van der Waals surface area contributed by atoms with Crippen molar-refractivity contribution in [1.82, 2.24) is 4.31 Å². The Morgan fingerprint density at radius 3 is 2.65 bits per heavy atom. The molecule has 0 bridgehead atoms. The quantitative estimate of drug-likeness (QED) is 0.795. The van der Waals surface area contributed by atoms with Gasteiger partial charge in [-0.2, -0.15) is 9.57 Å². The first-order valence-corrected chi connectivity index (χ1v) is 7.23. The van der Waals surface area contributed by atoms with Gasteiger partial charge >= 0.3 is 5.97 Å². The van der Waals surface area contributed by atoms with Crippen molar-refractivity contribution >= 4 is 16.0 Å². The van der Waals surface area contributed by atoms with Crippen LogP contribution < -0.4 is 0 Å². The molecule has 1 fully saturated rings. The number of hydrogen-bond donors (Lipinski definition) is 2. The highest BCUT2D eigenvalue weighted by Crippen LogP contribution is 2.28. The zero-order valence-electron chi connectivity index (χ0n) is 10.3. The standard InChI is InChI=1S/C12H12N2O5S/c13-6-8-3-1-2-4-11(8)20(18,19)14-7-9(15)5-10(14)12(16)17/h1-4,9-10,15H,5,7H2,(H,16,17)/t9-,10-/m0/s1. The zero-order valence-corrected chi connectivity index (χ0v) is 11.1. The number of rotatable bonds is 3. The number of sulfonamides is 1. The lowest BCUT2D eigenvalue weighted by Crippen LogP contribution is -2.40. The minimum Gasteiger partial charge on any atom is -0.480 e. The summed E-state index contributed by atoms with van der Waals surface area (Å²) in [7, 11) is -4.14. The highest BCUT2D eigenvalue weighted by Gasteiger charge is 2.44. The smallest absolute Gasteiger partial charge is 0.322 e. The lowest BCUT2D eigenvalue weighted by atomic mass is 10.2. The fraction of sp³-hybridized carbons (Fsp3) is 0.333. The third kappa shape index (κ3) is 2.38. The van der Waals surface area contributed by atoms with Crippen molar-refractivity contribution in [1.29, 1.82) is 5.26 Å². The number of benzene rings is 1. The van der Waals surface area contributed by atoms with E-state index in [1.165, 1.54) is 24.3 Å². The summed E-state index contributed by atoms with van der Waals surface area (Å²) in [5.74, 6) is -1.32. The maximum absolute atomic E-state index is 12.5. The molecule has 0 amide bonds. The molecule has 20 heavy (non-hydrogen) atoms. The topological polar surface area (TPSA) is 119 Å². The van der Waals surface area contributed by atoms with Crippen molar-refractivity contribution in [2.75, 3.05) is 6.54 Å². The summed E-state index contributed by atoms with van der Waals surface area (Å²) >= 11 is 0. The van der Waals surface area contributed by atoms with Crippen LogP contribution in [0.1, 0.15) is 12.0 Å². The van der Waals surface area contributed by atoms with E-state index in [1.54, 1.807) is 6.07 Å². The van der Waals surface area contributed by atoms with E-state index in [0.29, 0.717) is 0 Å². The second-order valence-electron chi connectivity index (χ2n) is 4.43. The van der Waals surface area contributed by atoms with Gasteiger partial charge in [0.2, 0.25) is 10.0 Å². The van der Waals surface area contributed by atoms with Crippen molar-refractivity contribution in [3.8, 4) is 6.07 Å². The van der Waals surface area contributed by atoms with Crippen LogP contribution in [0.4, 0.5) is 0 Å². The molecule has 0 saturated carbocycles. The van der Waals surface area contributed by atoms with Gasteiger partial charge in [-0.15, -0.1) is 0 Å². The first-order chi connectivity index (χ1) is 9.37. The van der Waals surface area contributed by atoms with Crippen LogP contribution in [0.5, 0.6) is 0 Å². The van der Waals surface area contributed by atoms with Crippen LogP contribution in [0.15, 0.2) is 29.2 Å². The Labute approximate surface area is 115 Å². The summed E-state index contributed by atoms with van der Waals surface area (Å²) in [6, 6.07) is 6.01. The maximum Gasteiger partial charge on any atom is 0.322 e. The second-order valence-corrected chi connectivity index (χ2v) is 6.29. The number of carboxylic acids is 1. The molecule has 0 aromatic heterocycles. The second kappa shape index (κ2) is 5.20. The van der Waals surface area contributed by atoms with Crippen molar-refractivity contribution < 1.29 is 23.4 Å². The van der Waals surface area contributed by atoms with Crippen molar-refractivity contribution in [3.63, 3.8) is 0 Å². The zero-order chi connectivity index (χ0) is 14.9. The van der Waals surface area contributed by atoms with Crippen molar-refractivity contribution in [3.05, 3.63) is 29.8 Å². The molecule has 1 aliphatic rings. The number of aliphatic hydroxyl groups excluding tert-OH is 1. The van der Waals surface area contributed by atoms with Gasteiger partial charge in [0.1, 0.15) is 12.1 Å². The molecule has 2 atom stereocenters. The Morgan fingerprint density at radius 2 is 2.05 bits per heavy atom. The summed E-state index contributed by atoms with van der Waals surface area (Å²) in [6.45, 7) is -0.293. The van der Waals surface area contributed by atoms with Crippen LogP contribution in [0.25, 0.3) is 0 Å². The van der Waals surface area contributed by atoms with Gasteiger partial charge in [0, 0.05) is 13.0 Å². The third-order valence-corrected chi connectivity index (χ3v) is 5.05. The Bertz CT molecular complexity index is 679. The lowest BCUT2D eigenvalue weighted by molar-refractivity contribution is -0.140. The molecule has 106 valence electrons. The van der Waals surface area contributed by atoms with Crippen molar-refractivity contribution in [2.24, 2.45) is 0 Å². The lowest BCUT2D eigenvalue weighted by Gasteiger charge is -2.21. The first kappa shape index (κ1) is 14.5. The number of carboxylic acid groups (broad SMARTS) is 1. The van der Waals surface area contributed by atoms with Gasteiger partial charge in [0.05, 0.1) is 16.6 Å². The van der Waals surface area contributed by atoms with E-state index < -0.39 is 28.1 Å². The van der Waals surface area contributed by atoms with E-state index in [2.05, 4.69) is 0 Å². The largest absolute Gasteiger partial charge is 0.480 e. The molecule has 2 rings (SSSR count). The highest BCUT2D eigenvalue weighted by atomic mass is 32.2. The van der Waals surface area contributed by atoms with Crippen LogP contribution in [0.3, 0.4) is 0 Å². The normalized spacial score (nSPS) is 23.4. The van der Waals surface area contributed by atoms with Crippen LogP contribution >= 0.6 is 0 Å². The molecule has 1 aromatic rings. The molecule has 0 spiro atoms. The summed E-state index contributed by atoms with van der Waals surface area (Å²) in [6.07, 6.45) is -1.19. The molecule has 1 saturated heterocycles. The van der Waals surface area contributed by atoms with Gasteiger partial charge in [-0.05, 0) is 12.1 Å². The molecule has 0 unspecified atom stereocenters. The molecule has 0 radical (unpaired) electrons. The number of nitriles is 1. The molecule has 1 aliphatic heterocycles. The van der Waals surface area contributed by atoms with Gasteiger partial charge in [-0.3, -0.25) is 4.79 Å². The predicted octanol–water partition coefficient (Wildman–Crippen LogP) is -0.233. The van der Waals surface area contributed by atoms with E-state index in [-0.39, 0.29) is 23.4 Å². The molecular weight excluding hydrogens is 284 g/mol. The Morgan fingerprint density at radius 1 is 1.40 bits per heavy atom. The van der Waals surface area contributed by atoms with Crippen LogP contribution in [0, 0.1) is 11.3 Å². The van der Waals surface area contributed by atoms with E-state index >= 15 is 0 Å². The van der Waals surface area contributed by atoms with Crippen LogP contribution in [0.2, 0.25) is 0 Å². The fourth-order valence-corrected chi connectivity index (χ4v) is 3.96. The van der Waals surface area contributed by atoms with Gasteiger partial charge < -0.3 is 10.2 Å². The van der Waals surface area contributed by atoms with Gasteiger partial charge in [-0.25, -0.2) is 8.42 Å². The van der Waals surface area contributed by atoms with E-state index in [9.17, 15) is 18.3 Å². The summed E-state index contributed by atoms with van der Waals surface area (Å²) in [4.78, 5) is 10.9. The summed E-state index contributed by atoms with van der Waals surface area (Å²) < 4.78 is 25.7. The number of aliphatic carboxylic acids is 1. The predicted molar refractivity (Wildman–Crippen MR) is 67.1 cm³/mol. The number of nitrogens with zero attached hydrogens (tertiary/aromatic N) is 2. The van der Waals surface area contributed by atoms with E-state index in [1.807, 2.05) is 0 Å². The Kier molecular flexibility index (Phi) is 3.76. The molecule has 8 heteroatoms. The number of aliphatic hydroxyl groups is 1. The molecule has 1 heterocycles. The number of hydrogen-bond acceptors (Lipinski definition) is 5. The van der Waals surface area contributed by atoms with Gasteiger partial charge in [0.25, 0.3) is 0 Å². The monoisotopic (exact) mass is 296 g/mol. The van der Waals surface area contributed by atoms with Crippen LogP contribution in [-0.4, -0.2) is 47.6 Å². The minimum atomic E-state index is -4.14. The Hall–Kier alpha value is -1.95. The fourth-order valence-electron chi connectivity index (χ4n) is 2.18. The summed E-state index contributed by atoms with van der Waals surface area (Å²) in [5.41, 5.74) is -0.0574. The highest BCUT2D eigenvalue weighted by molar-refractivity contribution is 7.89. The maximum atomic E-state index is 12.5. The average Bonchev–Trinajstić information content (AvgIpc) is 2.82. The molecule has 0 aliphatic carbocycles. The van der Waals surface area contributed by atoms with E-state index in [0.717, 1.165) is 4.31 Å². The van der Waals surface area contributed by atoms with Gasteiger partial charge in [-0.1, -0.05) is 12.1 Å². The molecule has 7 nitrogen and oxygen atoms in total. The minimum absolute atomic E-state index is 0.0574. The summed E-state index contributed by atoms with van der Waals surface area (Å²) in [5, 5.41) is 27.5.